The van der Waals surface area contributed by atoms with Crippen LogP contribution < -0.4 is 4.90 Å². The van der Waals surface area contributed by atoms with Gasteiger partial charge in [0.15, 0.2) is 0 Å². The summed E-state index contributed by atoms with van der Waals surface area (Å²) in [4.78, 5) is 25.3. The molecular weight excluding hydrogens is 377 g/mol. The molecule has 1 fully saturated rings. The Morgan fingerprint density at radius 1 is 1.15 bits per heavy atom. The lowest BCUT2D eigenvalue weighted by Crippen LogP contribution is -2.49. The van der Waals surface area contributed by atoms with E-state index in [1.54, 1.807) is 22.2 Å². The number of nitrogens with zero attached hydrogens (tertiary/aromatic N) is 7. The van der Waals surface area contributed by atoms with Crippen LogP contribution in [0.25, 0.3) is 5.78 Å². The molecule has 1 amide bonds. The van der Waals surface area contributed by atoms with E-state index in [0.29, 0.717) is 47.8 Å². The van der Waals surface area contributed by atoms with Gasteiger partial charge >= 0.3 is 0 Å². The minimum atomic E-state index is -0.0715. The molecule has 1 aliphatic heterocycles. The maximum absolute atomic E-state index is 12.8. The third-order valence-corrected chi connectivity index (χ3v) is 5.43. The van der Waals surface area contributed by atoms with Gasteiger partial charge in [0, 0.05) is 45.0 Å². The topological polar surface area (TPSA) is 71.6 Å². The van der Waals surface area contributed by atoms with Gasteiger partial charge in [-0.1, -0.05) is 23.2 Å². The van der Waals surface area contributed by atoms with Gasteiger partial charge in [-0.3, -0.25) is 4.79 Å². The fraction of sp³-hybridized carbons (Fsp3) is 0.375. The standard InChI is InChI=1S/C16H17Cl2N7O/c1-10-7-13(25-16(21-10)19-9-20-25)23-3-5-24(6-4-23)15(26)12-8-11(17)14(18)22(12)2/h7-9H,3-6H2,1-2H3. The molecule has 0 aromatic carbocycles. The number of aryl methyl sites for hydroxylation is 1. The summed E-state index contributed by atoms with van der Waals surface area (Å²) in [6.45, 7) is 4.50. The van der Waals surface area contributed by atoms with Crippen molar-refractivity contribution in [1.82, 2.24) is 29.0 Å². The fourth-order valence-electron chi connectivity index (χ4n) is 3.18. The molecule has 26 heavy (non-hydrogen) atoms. The van der Waals surface area contributed by atoms with Crippen LogP contribution in [-0.4, -0.2) is 61.1 Å². The van der Waals surface area contributed by atoms with Gasteiger partial charge in [0.05, 0.1) is 5.02 Å². The van der Waals surface area contributed by atoms with Gasteiger partial charge in [0.2, 0.25) is 0 Å². The Kier molecular flexibility index (Phi) is 4.24. The average Bonchev–Trinajstić information content (AvgIpc) is 3.20. The van der Waals surface area contributed by atoms with E-state index in [0.717, 1.165) is 11.5 Å². The lowest BCUT2D eigenvalue weighted by atomic mass is 10.2. The zero-order chi connectivity index (χ0) is 18.4. The van der Waals surface area contributed by atoms with Crippen LogP contribution in [0.5, 0.6) is 0 Å². The summed E-state index contributed by atoms with van der Waals surface area (Å²) < 4.78 is 3.34. The highest BCUT2D eigenvalue weighted by Gasteiger charge is 2.26. The number of anilines is 1. The molecule has 8 nitrogen and oxygen atoms in total. The van der Waals surface area contributed by atoms with E-state index in [1.807, 2.05) is 17.9 Å². The minimum absolute atomic E-state index is 0.0715. The molecule has 0 unspecified atom stereocenters. The van der Waals surface area contributed by atoms with Crippen molar-refractivity contribution in [3.05, 3.63) is 40.0 Å². The monoisotopic (exact) mass is 393 g/mol. The molecule has 3 aromatic heterocycles. The van der Waals surface area contributed by atoms with E-state index in [1.165, 1.54) is 6.33 Å². The van der Waals surface area contributed by atoms with Crippen molar-refractivity contribution in [2.45, 2.75) is 6.92 Å². The molecule has 0 N–H and O–H groups in total. The highest BCUT2D eigenvalue weighted by Crippen LogP contribution is 2.26. The molecule has 0 spiro atoms. The van der Waals surface area contributed by atoms with E-state index >= 15 is 0 Å². The maximum Gasteiger partial charge on any atom is 0.270 e. The van der Waals surface area contributed by atoms with Crippen molar-refractivity contribution < 1.29 is 4.79 Å². The molecule has 0 radical (unpaired) electrons. The molecule has 0 saturated carbocycles. The molecule has 10 heteroatoms. The van der Waals surface area contributed by atoms with E-state index in [2.05, 4.69) is 20.0 Å². The Bertz CT molecular complexity index is 988. The van der Waals surface area contributed by atoms with Gasteiger partial charge in [0.25, 0.3) is 11.7 Å². The Labute approximate surface area is 159 Å². The van der Waals surface area contributed by atoms with Crippen LogP contribution in [-0.2, 0) is 7.05 Å². The summed E-state index contributed by atoms with van der Waals surface area (Å²) in [7, 11) is 1.74. The molecule has 136 valence electrons. The van der Waals surface area contributed by atoms with E-state index in [9.17, 15) is 4.79 Å². The number of aromatic nitrogens is 5. The first-order chi connectivity index (χ1) is 12.5. The molecule has 1 aliphatic rings. The number of rotatable bonds is 2. The fourth-order valence-corrected chi connectivity index (χ4v) is 3.56. The smallest absolute Gasteiger partial charge is 0.270 e. The Morgan fingerprint density at radius 3 is 2.54 bits per heavy atom. The summed E-state index contributed by atoms with van der Waals surface area (Å²) in [6.07, 6.45) is 1.49. The molecular formula is C16H17Cl2N7O. The number of carbonyl (C=O) groups is 1. The highest BCUT2D eigenvalue weighted by atomic mass is 35.5. The van der Waals surface area contributed by atoms with Gasteiger partial charge in [0.1, 0.15) is 23.0 Å². The Morgan fingerprint density at radius 2 is 1.88 bits per heavy atom. The predicted molar refractivity (Wildman–Crippen MR) is 99.1 cm³/mol. The predicted octanol–water partition coefficient (Wildman–Crippen LogP) is 2.04. The van der Waals surface area contributed by atoms with Crippen molar-refractivity contribution in [2.24, 2.45) is 7.05 Å². The number of hydrogen-bond donors (Lipinski definition) is 0. The third kappa shape index (κ3) is 2.79. The van der Waals surface area contributed by atoms with Gasteiger partial charge in [-0.25, -0.2) is 4.98 Å². The van der Waals surface area contributed by atoms with E-state index in [4.69, 9.17) is 23.2 Å². The number of amides is 1. The summed E-state index contributed by atoms with van der Waals surface area (Å²) in [5.41, 5.74) is 1.37. The van der Waals surface area contributed by atoms with Crippen molar-refractivity contribution >= 4 is 40.7 Å². The zero-order valence-electron chi connectivity index (χ0n) is 14.4. The first-order valence-corrected chi connectivity index (χ1v) is 8.93. The molecule has 1 saturated heterocycles. The van der Waals surface area contributed by atoms with Crippen LogP contribution in [0.3, 0.4) is 0 Å². The van der Waals surface area contributed by atoms with Crippen LogP contribution in [0.15, 0.2) is 18.5 Å². The van der Waals surface area contributed by atoms with Crippen LogP contribution in [0.4, 0.5) is 5.82 Å². The van der Waals surface area contributed by atoms with Crippen molar-refractivity contribution in [1.29, 1.82) is 0 Å². The summed E-state index contributed by atoms with van der Waals surface area (Å²) >= 11 is 12.1. The Balaban J connectivity index is 1.53. The lowest BCUT2D eigenvalue weighted by Gasteiger charge is -2.36. The highest BCUT2D eigenvalue weighted by molar-refractivity contribution is 6.41. The Hall–Kier alpha value is -2.32. The van der Waals surface area contributed by atoms with Crippen LogP contribution >= 0.6 is 23.2 Å². The quantitative estimate of drug-likeness (QED) is 0.665. The second kappa shape index (κ2) is 6.44. The zero-order valence-corrected chi connectivity index (χ0v) is 15.9. The van der Waals surface area contributed by atoms with Crippen molar-refractivity contribution in [3.8, 4) is 0 Å². The van der Waals surface area contributed by atoms with Gasteiger partial charge in [-0.2, -0.15) is 14.6 Å². The van der Waals surface area contributed by atoms with Crippen molar-refractivity contribution in [3.63, 3.8) is 0 Å². The maximum atomic E-state index is 12.8. The van der Waals surface area contributed by atoms with Gasteiger partial charge < -0.3 is 14.4 Å². The first-order valence-electron chi connectivity index (χ1n) is 8.18. The summed E-state index contributed by atoms with van der Waals surface area (Å²) in [5.74, 6) is 1.44. The van der Waals surface area contributed by atoms with Gasteiger partial charge in [-0.15, -0.1) is 0 Å². The number of halogens is 2. The number of carbonyl (C=O) groups excluding carboxylic acids is 1. The van der Waals surface area contributed by atoms with Crippen LogP contribution in [0.2, 0.25) is 10.2 Å². The normalized spacial score (nSPS) is 15.1. The summed E-state index contributed by atoms with van der Waals surface area (Å²) in [6, 6.07) is 3.60. The number of hydrogen-bond acceptors (Lipinski definition) is 5. The first kappa shape index (κ1) is 17.1. The molecule has 3 aromatic rings. The largest absolute Gasteiger partial charge is 0.353 e. The van der Waals surface area contributed by atoms with Crippen molar-refractivity contribution in [2.75, 3.05) is 31.1 Å². The van der Waals surface area contributed by atoms with Crippen LogP contribution in [0, 0.1) is 6.92 Å². The molecule has 4 heterocycles. The van der Waals surface area contributed by atoms with E-state index < -0.39 is 0 Å². The molecule has 0 bridgehead atoms. The third-order valence-electron chi connectivity index (χ3n) is 4.59. The number of fused-ring (bicyclic) bond motifs is 1. The average molecular weight is 394 g/mol. The SMILES string of the molecule is Cc1cc(N2CCN(C(=O)c3cc(Cl)c(Cl)n3C)CC2)n2ncnc2n1. The number of piperazine rings is 1. The second-order valence-electron chi connectivity index (χ2n) is 6.23. The second-order valence-corrected chi connectivity index (χ2v) is 7.00. The lowest BCUT2D eigenvalue weighted by molar-refractivity contribution is 0.0737. The molecule has 4 rings (SSSR count). The summed E-state index contributed by atoms with van der Waals surface area (Å²) in [5, 5.41) is 5.00. The minimum Gasteiger partial charge on any atom is -0.353 e. The van der Waals surface area contributed by atoms with Gasteiger partial charge in [-0.05, 0) is 13.0 Å². The molecule has 0 atom stereocenters. The van der Waals surface area contributed by atoms with E-state index in [-0.39, 0.29) is 5.91 Å². The van der Waals surface area contributed by atoms with Crippen LogP contribution in [0.1, 0.15) is 16.2 Å². The molecule has 0 aliphatic carbocycles.